The van der Waals surface area contributed by atoms with Crippen LogP contribution in [0.25, 0.3) is 0 Å². The van der Waals surface area contributed by atoms with E-state index in [0.29, 0.717) is 31.7 Å². The smallest absolute Gasteiger partial charge is 0.243 e. The van der Waals surface area contributed by atoms with Crippen LogP contribution in [-0.2, 0) is 35.1 Å². The molecule has 2 heterocycles. The fourth-order valence-corrected chi connectivity index (χ4v) is 5.20. The number of rotatable bonds is 13. The Labute approximate surface area is 240 Å². The van der Waals surface area contributed by atoms with Crippen LogP contribution in [0.5, 0.6) is 5.75 Å². The van der Waals surface area contributed by atoms with Crippen molar-refractivity contribution in [1.29, 1.82) is 0 Å². The molecule has 4 rings (SSSR count). The van der Waals surface area contributed by atoms with Gasteiger partial charge < -0.3 is 35.8 Å². The van der Waals surface area contributed by atoms with Crippen LogP contribution in [0, 0.1) is 6.92 Å². The number of allylic oxidation sites excluding steroid dienone is 1. The predicted molar refractivity (Wildman–Crippen MR) is 151 cm³/mol. The van der Waals surface area contributed by atoms with Crippen molar-refractivity contribution in [3.05, 3.63) is 41.0 Å². The minimum atomic E-state index is -1.03. The van der Waals surface area contributed by atoms with Gasteiger partial charge in [0.25, 0.3) is 0 Å². The fourth-order valence-electron chi connectivity index (χ4n) is 5.20. The summed E-state index contributed by atoms with van der Waals surface area (Å²) in [7, 11) is 0. The quantitative estimate of drug-likeness (QED) is 0.173. The van der Waals surface area contributed by atoms with Gasteiger partial charge in [0, 0.05) is 19.5 Å². The third kappa shape index (κ3) is 8.61. The van der Waals surface area contributed by atoms with Crippen LogP contribution in [0.1, 0.15) is 57.1 Å². The zero-order valence-corrected chi connectivity index (χ0v) is 24.1. The van der Waals surface area contributed by atoms with Gasteiger partial charge >= 0.3 is 0 Å². The fraction of sp³-hybridized carbons (Fsp3) is 0.600. The molecule has 0 spiro atoms. The molecule has 1 aliphatic carbocycles. The first kappa shape index (κ1) is 30.7. The summed E-state index contributed by atoms with van der Waals surface area (Å²) in [6.45, 7) is 7.14. The Balaban J connectivity index is 1.45. The number of carbonyl (C=O) groups excluding carboxylic acids is 4. The van der Waals surface area contributed by atoms with Crippen LogP contribution in [0.2, 0.25) is 0 Å². The third-order valence-electron chi connectivity index (χ3n) is 7.86. The maximum Gasteiger partial charge on any atom is 0.243 e. The Morgan fingerprint density at radius 2 is 1.88 bits per heavy atom. The molecule has 11 heteroatoms. The van der Waals surface area contributed by atoms with Crippen molar-refractivity contribution in [2.24, 2.45) is 0 Å². The molecule has 2 aliphatic heterocycles. The number of ketones is 1. The number of hydrogen-bond acceptors (Lipinski definition) is 8. The third-order valence-corrected chi connectivity index (χ3v) is 7.86. The topological polar surface area (TPSA) is 158 Å². The van der Waals surface area contributed by atoms with Crippen molar-refractivity contribution in [3.8, 4) is 5.75 Å². The molecule has 1 aromatic rings. The lowest BCUT2D eigenvalue weighted by molar-refractivity contribution is -0.134. The van der Waals surface area contributed by atoms with Crippen molar-refractivity contribution >= 4 is 23.5 Å². The van der Waals surface area contributed by atoms with Crippen LogP contribution in [0.3, 0.4) is 0 Å². The normalized spacial score (nSPS) is 24.0. The minimum absolute atomic E-state index is 0.113. The van der Waals surface area contributed by atoms with Crippen molar-refractivity contribution in [1.82, 2.24) is 21.3 Å². The molecule has 0 radical (unpaired) electrons. The van der Waals surface area contributed by atoms with E-state index in [1.54, 1.807) is 32.9 Å². The van der Waals surface area contributed by atoms with E-state index in [1.165, 1.54) is 6.07 Å². The van der Waals surface area contributed by atoms with E-state index in [0.717, 1.165) is 36.9 Å². The highest BCUT2D eigenvalue weighted by atomic mass is 16.6. The summed E-state index contributed by atoms with van der Waals surface area (Å²) >= 11 is 0. The standard InChI is InChI=1S/C30H42N4O7/c1-18-12-21(8-9-25(18)35)14-24(34-28(38)19(2)32-26(36)15-22-16-31-10-11-40-22)29(39)33-23(13-20-6-4-5-7-20)27(37)30(3)17-41-30/h6,8-9,12,19,22-24,31,35H,4-5,7,10-11,13-17H2,1-3H3,(H,32,36)(H,33,39)(H,34,38)/t19-,22?,23-,24-,30+/m0/s1. The maximum atomic E-state index is 13.7. The van der Waals surface area contributed by atoms with E-state index in [-0.39, 0.29) is 36.4 Å². The van der Waals surface area contributed by atoms with Crippen LogP contribution in [0.15, 0.2) is 29.8 Å². The summed E-state index contributed by atoms with van der Waals surface area (Å²) < 4.78 is 11.0. The average molecular weight is 571 g/mol. The molecule has 0 saturated carbocycles. The Hall–Kier alpha value is -3.28. The molecule has 3 aliphatic rings. The van der Waals surface area contributed by atoms with Crippen molar-refractivity contribution in [3.63, 3.8) is 0 Å². The molecule has 0 bridgehead atoms. The molecular weight excluding hydrogens is 528 g/mol. The molecule has 224 valence electrons. The van der Waals surface area contributed by atoms with Crippen molar-refractivity contribution in [2.45, 2.75) is 89.1 Å². The van der Waals surface area contributed by atoms with Gasteiger partial charge in [-0.2, -0.15) is 0 Å². The summed E-state index contributed by atoms with van der Waals surface area (Å²) in [6.07, 6.45) is 5.32. The second-order valence-corrected chi connectivity index (χ2v) is 11.5. The van der Waals surface area contributed by atoms with Gasteiger partial charge in [0.15, 0.2) is 5.78 Å². The lowest BCUT2D eigenvalue weighted by atomic mass is 9.93. The van der Waals surface area contributed by atoms with E-state index < -0.39 is 35.5 Å². The van der Waals surface area contributed by atoms with Gasteiger partial charge in [-0.25, -0.2) is 0 Å². The molecule has 41 heavy (non-hydrogen) atoms. The Bertz CT molecular complexity index is 1170. The van der Waals surface area contributed by atoms with Crippen molar-refractivity contribution in [2.75, 3.05) is 26.3 Å². The van der Waals surface area contributed by atoms with Gasteiger partial charge in [-0.15, -0.1) is 0 Å². The van der Waals surface area contributed by atoms with E-state index >= 15 is 0 Å². The Morgan fingerprint density at radius 1 is 1.12 bits per heavy atom. The molecule has 3 amide bonds. The van der Waals surface area contributed by atoms with Gasteiger partial charge in [-0.3, -0.25) is 19.2 Å². The number of aromatic hydroxyl groups is 1. The zero-order chi connectivity index (χ0) is 29.6. The van der Waals surface area contributed by atoms with Gasteiger partial charge in [-0.1, -0.05) is 23.8 Å². The molecule has 1 aromatic carbocycles. The lowest BCUT2D eigenvalue weighted by Crippen LogP contribution is -2.57. The first-order valence-electron chi connectivity index (χ1n) is 14.4. The number of morpholine rings is 1. The van der Waals surface area contributed by atoms with Crippen LogP contribution < -0.4 is 21.3 Å². The Morgan fingerprint density at radius 3 is 2.51 bits per heavy atom. The molecule has 2 fully saturated rings. The van der Waals surface area contributed by atoms with Gasteiger partial charge in [0.05, 0.1) is 31.8 Å². The lowest BCUT2D eigenvalue weighted by Gasteiger charge is -2.26. The number of phenols is 1. The minimum Gasteiger partial charge on any atom is -0.508 e. The number of amides is 3. The summed E-state index contributed by atoms with van der Waals surface area (Å²) in [5.41, 5.74) is 1.56. The first-order chi connectivity index (χ1) is 19.5. The summed E-state index contributed by atoms with van der Waals surface area (Å²) in [5, 5.41) is 21.5. The number of epoxide rings is 1. The van der Waals surface area contributed by atoms with E-state index in [4.69, 9.17) is 9.47 Å². The number of carbonyl (C=O) groups is 4. The number of Topliss-reactive ketones (excluding diaryl/α,β-unsaturated/α-hetero) is 1. The van der Waals surface area contributed by atoms with Gasteiger partial charge in [0.1, 0.15) is 23.4 Å². The van der Waals surface area contributed by atoms with Crippen molar-refractivity contribution < 1.29 is 33.8 Å². The molecule has 2 saturated heterocycles. The maximum absolute atomic E-state index is 13.7. The highest BCUT2D eigenvalue weighted by molar-refractivity contribution is 5.98. The number of benzene rings is 1. The monoisotopic (exact) mass is 570 g/mol. The van der Waals surface area contributed by atoms with E-state index in [9.17, 15) is 24.3 Å². The van der Waals surface area contributed by atoms with E-state index in [1.807, 2.05) is 0 Å². The van der Waals surface area contributed by atoms with Crippen LogP contribution >= 0.6 is 0 Å². The van der Waals surface area contributed by atoms with Gasteiger partial charge in [-0.05, 0) is 63.6 Å². The second-order valence-electron chi connectivity index (χ2n) is 11.5. The Kier molecular flexibility index (Phi) is 10.2. The number of phenolic OH excluding ortho intramolecular Hbond substituents is 1. The van der Waals surface area contributed by atoms with E-state index in [2.05, 4.69) is 27.3 Å². The van der Waals surface area contributed by atoms with Gasteiger partial charge in [0.2, 0.25) is 17.7 Å². The number of hydrogen-bond donors (Lipinski definition) is 5. The molecule has 11 nitrogen and oxygen atoms in total. The first-order valence-corrected chi connectivity index (χ1v) is 14.4. The molecular formula is C30H42N4O7. The molecule has 0 aromatic heterocycles. The number of nitrogens with one attached hydrogen (secondary N) is 4. The van der Waals surface area contributed by atoms with Crippen LogP contribution in [-0.4, -0.2) is 84.7 Å². The SMILES string of the molecule is Cc1cc(C[C@H](NC(=O)[C@H](C)NC(=O)CC2CNCCO2)C(=O)N[C@@H](CC2=CCCC2)C(=O)[C@@]2(C)CO2)ccc1O. The molecule has 5 atom stereocenters. The predicted octanol–water partition coefficient (Wildman–Crippen LogP) is 0.954. The largest absolute Gasteiger partial charge is 0.508 e. The highest BCUT2D eigenvalue weighted by Gasteiger charge is 2.50. The summed E-state index contributed by atoms with van der Waals surface area (Å²) in [5.74, 6) is -1.43. The summed E-state index contributed by atoms with van der Waals surface area (Å²) in [6, 6.07) is 2.24. The highest BCUT2D eigenvalue weighted by Crippen LogP contribution is 2.31. The summed E-state index contributed by atoms with van der Waals surface area (Å²) in [4.78, 5) is 52.7. The number of aryl methyl sites for hydroxylation is 1. The van der Waals surface area contributed by atoms with Crippen LogP contribution in [0.4, 0.5) is 0 Å². The number of ether oxygens (including phenoxy) is 2. The zero-order valence-electron chi connectivity index (χ0n) is 24.1. The molecule has 5 N–H and O–H groups in total. The average Bonchev–Trinajstić information content (AvgIpc) is 3.48. The molecule has 1 unspecified atom stereocenters. The second kappa shape index (κ2) is 13.6.